The molecule has 0 unspecified atom stereocenters. The van der Waals surface area contributed by atoms with Gasteiger partial charge in [-0.1, -0.05) is 37.6 Å². The third kappa shape index (κ3) is 3.60. The molecule has 0 saturated carbocycles. The van der Waals surface area contributed by atoms with Crippen molar-refractivity contribution < 1.29 is 0 Å². The van der Waals surface area contributed by atoms with Crippen molar-refractivity contribution in [2.75, 3.05) is 7.05 Å². The third-order valence-corrected chi connectivity index (χ3v) is 2.12. The minimum Gasteiger partial charge on any atom is -0.333 e. The molecule has 0 aliphatic carbocycles. The molecule has 2 N–H and O–H groups in total. The van der Waals surface area contributed by atoms with Crippen LogP contribution in [0.5, 0.6) is 0 Å². The highest BCUT2D eigenvalue weighted by Crippen LogP contribution is 2.12. The molecule has 1 heteroatoms. The standard InChI is InChI=1S/C11H16.CH5N/c1-4-10-7-6-9(3)8-11(10)5-2;1-2/h6-8H,4-5H2,1-3H3;2H2,1H3. The van der Waals surface area contributed by atoms with Crippen molar-refractivity contribution in [2.45, 2.75) is 33.6 Å². The first kappa shape index (κ1) is 12.2. The largest absolute Gasteiger partial charge is 0.333 e. The van der Waals surface area contributed by atoms with Gasteiger partial charge in [0.2, 0.25) is 0 Å². The number of hydrogen-bond donors (Lipinski definition) is 1. The SMILES string of the molecule is CCc1ccc(C)cc1CC.CN. The number of hydrogen-bond acceptors (Lipinski definition) is 1. The quantitative estimate of drug-likeness (QED) is 0.742. The lowest BCUT2D eigenvalue weighted by atomic mass is 10.0. The second kappa shape index (κ2) is 6.67. The van der Waals surface area contributed by atoms with Crippen molar-refractivity contribution in [2.24, 2.45) is 5.73 Å². The summed E-state index contributed by atoms with van der Waals surface area (Å²) in [4.78, 5) is 0. The molecule has 0 aliphatic heterocycles. The van der Waals surface area contributed by atoms with Gasteiger partial charge in [0, 0.05) is 0 Å². The second-order valence-corrected chi connectivity index (χ2v) is 2.98. The number of nitrogens with two attached hydrogens (primary N) is 1. The molecular weight excluding hydrogens is 158 g/mol. The van der Waals surface area contributed by atoms with Crippen LogP contribution in [-0.2, 0) is 12.8 Å². The lowest BCUT2D eigenvalue weighted by Crippen LogP contribution is -1.90. The van der Waals surface area contributed by atoms with E-state index in [0.29, 0.717) is 0 Å². The van der Waals surface area contributed by atoms with Crippen molar-refractivity contribution in [3.05, 3.63) is 34.9 Å². The topological polar surface area (TPSA) is 26.0 Å². The van der Waals surface area contributed by atoms with Gasteiger partial charge in [0.25, 0.3) is 0 Å². The van der Waals surface area contributed by atoms with E-state index in [-0.39, 0.29) is 0 Å². The Hall–Kier alpha value is -0.820. The summed E-state index contributed by atoms with van der Waals surface area (Å²) in [6.07, 6.45) is 2.31. The van der Waals surface area contributed by atoms with Gasteiger partial charge in [-0.3, -0.25) is 0 Å². The van der Waals surface area contributed by atoms with Crippen molar-refractivity contribution >= 4 is 0 Å². The normalized spacial score (nSPS) is 9.00. The highest BCUT2D eigenvalue weighted by molar-refractivity contribution is 5.31. The van der Waals surface area contributed by atoms with E-state index in [9.17, 15) is 0 Å². The predicted octanol–water partition coefficient (Wildman–Crippen LogP) is 2.69. The number of benzene rings is 1. The molecule has 1 nitrogen and oxygen atoms in total. The van der Waals surface area contributed by atoms with Gasteiger partial charge in [0.1, 0.15) is 0 Å². The molecule has 0 spiro atoms. The average molecular weight is 179 g/mol. The molecule has 1 rings (SSSR count). The Bertz CT molecular complexity index is 241. The second-order valence-electron chi connectivity index (χ2n) is 2.98. The van der Waals surface area contributed by atoms with Crippen LogP contribution in [0.15, 0.2) is 18.2 Å². The van der Waals surface area contributed by atoms with Crippen LogP contribution in [0.1, 0.15) is 30.5 Å². The zero-order valence-electron chi connectivity index (χ0n) is 9.22. The van der Waals surface area contributed by atoms with Gasteiger partial charge >= 0.3 is 0 Å². The molecule has 0 aliphatic rings. The third-order valence-electron chi connectivity index (χ3n) is 2.12. The first-order valence-corrected chi connectivity index (χ1v) is 4.94. The average Bonchev–Trinajstić information content (AvgIpc) is 2.20. The summed E-state index contributed by atoms with van der Waals surface area (Å²) in [6.45, 7) is 6.58. The lowest BCUT2D eigenvalue weighted by Gasteiger charge is -2.05. The van der Waals surface area contributed by atoms with Gasteiger partial charge in [-0.2, -0.15) is 0 Å². The fourth-order valence-corrected chi connectivity index (χ4v) is 1.43. The minimum absolute atomic E-state index is 1.16. The maximum Gasteiger partial charge on any atom is -0.0195 e. The van der Waals surface area contributed by atoms with Gasteiger partial charge < -0.3 is 5.73 Å². The van der Waals surface area contributed by atoms with E-state index < -0.39 is 0 Å². The van der Waals surface area contributed by atoms with Crippen LogP contribution in [0.2, 0.25) is 0 Å². The van der Waals surface area contributed by atoms with Crippen LogP contribution >= 0.6 is 0 Å². The van der Waals surface area contributed by atoms with E-state index in [1.807, 2.05) is 0 Å². The van der Waals surface area contributed by atoms with Gasteiger partial charge in [0.05, 0.1) is 0 Å². The Kier molecular flexibility index (Phi) is 6.25. The lowest BCUT2D eigenvalue weighted by molar-refractivity contribution is 1.03. The highest BCUT2D eigenvalue weighted by Gasteiger charge is 1.96. The van der Waals surface area contributed by atoms with Crippen LogP contribution < -0.4 is 5.73 Å². The summed E-state index contributed by atoms with van der Waals surface area (Å²) in [5.74, 6) is 0. The van der Waals surface area contributed by atoms with Crippen molar-refractivity contribution in [1.82, 2.24) is 0 Å². The van der Waals surface area contributed by atoms with Gasteiger partial charge in [0.15, 0.2) is 0 Å². The van der Waals surface area contributed by atoms with E-state index in [1.165, 1.54) is 23.7 Å². The maximum atomic E-state index is 4.50. The van der Waals surface area contributed by atoms with Crippen LogP contribution in [0.4, 0.5) is 0 Å². The molecule has 0 fully saturated rings. The van der Waals surface area contributed by atoms with Crippen LogP contribution in [-0.4, -0.2) is 7.05 Å². The molecule has 0 aromatic heterocycles. The van der Waals surface area contributed by atoms with Gasteiger partial charge in [-0.05, 0) is 37.9 Å². The van der Waals surface area contributed by atoms with Gasteiger partial charge in [-0.25, -0.2) is 0 Å². The summed E-state index contributed by atoms with van der Waals surface area (Å²) in [5, 5.41) is 0. The molecule has 1 aromatic carbocycles. The first-order chi connectivity index (χ1) is 6.27. The van der Waals surface area contributed by atoms with Crippen molar-refractivity contribution in [3.63, 3.8) is 0 Å². The fraction of sp³-hybridized carbons (Fsp3) is 0.500. The molecule has 0 radical (unpaired) electrons. The molecular formula is C12H21N. The first-order valence-electron chi connectivity index (χ1n) is 4.94. The Morgan fingerprint density at radius 1 is 1.00 bits per heavy atom. The number of aryl methyl sites for hydroxylation is 3. The molecule has 0 bridgehead atoms. The fourth-order valence-electron chi connectivity index (χ4n) is 1.43. The summed E-state index contributed by atoms with van der Waals surface area (Å²) in [6, 6.07) is 6.73. The molecule has 13 heavy (non-hydrogen) atoms. The van der Waals surface area contributed by atoms with E-state index in [0.717, 1.165) is 12.8 Å². The van der Waals surface area contributed by atoms with E-state index in [4.69, 9.17) is 0 Å². The molecule has 0 amide bonds. The Morgan fingerprint density at radius 2 is 1.54 bits per heavy atom. The van der Waals surface area contributed by atoms with Crippen LogP contribution in [0.25, 0.3) is 0 Å². The molecule has 74 valence electrons. The Labute approximate surface area is 82.0 Å². The zero-order valence-corrected chi connectivity index (χ0v) is 9.22. The smallest absolute Gasteiger partial charge is 0.0195 e. The molecule has 1 aromatic rings. The zero-order chi connectivity index (χ0) is 10.3. The Morgan fingerprint density at radius 3 is 2.00 bits per heavy atom. The van der Waals surface area contributed by atoms with Crippen molar-refractivity contribution in [1.29, 1.82) is 0 Å². The minimum atomic E-state index is 1.16. The van der Waals surface area contributed by atoms with Crippen LogP contribution in [0.3, 0.4) is 0 Å². The van der Waals surface area contributed by atoms with Crippen LogP contribution in [0, 0.1) is 6.92 Å². The maximum absolute atomic E-state index is 4.50. The molecule has 0 heterocycles. The predicted molar refractivity (Wildman–Crippen MR) is 60.0 cm³/mol. The summed E-state index contributed by atoms with van der Waals surface area (Å²) >= 11 is 0. The summed E-state index contributed by atoms with van der Waals surface area (Å²) < 4.78 is 0. The number of rotatable bonds is 2. The van der Waals surface area contributed by atoms with Gasteiger partial charge in [-0.15, -0.1) is 0 Å². The highest BCUT2D eigenvalue weighted by atomic mass is 14.4. The monoisotopic (exact) mass is 179 g/mol. The Balaban J connectivity index is 0.000000671. The molecule has 0 atom stereocenters. The van der Waals surface area contributed by atoms with E-state index in [1.54, 1.807) is 0 Å². The van der Waals surface area contributed by atoms with E-state index >= 15 is 0 Å². The van der Waals surface area contributed by atoms with Crippen molar-refractivity contribution in [3.8, 4) is 0 Å². The summed E-state index contributed by atoms with van der Waals surface area (Å²) in [7, 11) is 1.50. The molecule has 0 saturated heterocycles. The summed E-state index contributed by atoms with van der Waals surface area (Å²) in [5.41, 5.74) is 8.88. The van der Waals surface area contributed by atoms with E-state index in [2.05, 4.69) is 44.7 Å².